The van der Waals surface area contributed by atoms with Gasteiger partial charge >= 0.3 is 10.2 Å². The van der Waals surface area contributed by atoms with Gasteiger partial charge in [-0.3, -0.25) is 4.79 Å². The van der Waals surface area contributed by atoms with E-state index in [2.05, 4.69) is 5.32 Å². The monoisotopic (exact) mass is 355 g/mol. The quantitative estimate of drug-likeness (QED) is 0.710. The molecule has 0 radical (unpaired) electrons. The number of nitrogens with zero attached hydrogens (tertiary/aromatic N) is 1. The first-order valence-electron chi connectivity index (χ1n) is 7.84. The third-order valence-corrected chi connectivity index (χ3v) is 5.60. The highest BCUT2D eigenvalue weighted by atomic mass is 32.2. The Morgan fingerprint density at radius 2 is 2.08 bits per heavy atom. The molecule has 132 valence electrons. The Kier molecular flexibility index (Phi) is 4.66. The van der Waals surface area contributed by atoms with Crippen LogP contribution in [0.4, 0.5) is 5.69 Å². The summed E-state index contributed by atoms with van der Waals surface area (Å²) in [4.78, 5) is 11.4. The average molecular weight is 355 g/mol. The van der Waals surface area contributed by atoms with Crippen LogP contribution in [0.1, 0.15) is 24.0 Å². The lowest BCUT2D eigenvalue weighted by atomic mass is 10.1. The number of phenolic OH excluding ortho intramolecular Hbond substituents is 1. The van der Waals surface area contributed by atoms with Crippen molar-refractivity contribution in [2.75, 3.05) is 24.1 Å². The van der Waals surface area contributed by atoms with Gasteiger partial charge in [-0.2, -0.15) is 8.42 Å². The number of carbonyl (C=O) groups excluding carboxylic acids is 1. The summed E-state index contributed by atoms with van der Waals surface area (Å²) >= 11 is 0. The Bertz CT molecular complexity index is 720. The van der Waals surface area contributed by atoms with E-state index in [0.29, 0.717) is 18.2 Å². The molecule has 2 aliphatic rings. The number of hydrogen-bond donors (Lipinski definition) is 3. The van der Waals surface area contributed by atoms with Crippen molar-refractivity contribution in [3.05, 3.63) is 23.3 Å². The number of amides is 1. The van der Waals surface area contributed by atoms with Crippen LogP contribution in [0.15, 0.2) is 12.1 Å². The second-order valence-electron chi connectivity index (χ2n) is 6.08. The molecule has 0 bridgehead atoms. The molecule has 8 nitrogen and oxygen atoms in total. The number of anilines is 1. The molecule has 0 aliphatic carbocycles. The number of aromatic hydroxyl groups is 1. The van der Waals surface area contributed by atoms with Crippen LogP contribution >= 0.6 is 0 Å². The van der Waals surface area contributed by atoms with Gasteiger partial charge in [-0.15, -0.1) is 0 Å². The molecular formula is C15H21N3O5S. The van der Waals surface area contributed by atoms with Gasteiger partial charge in [0.1, 0.15) is 12.3 Å². The molecule has 24 heavy (non-hydrogen) atoms. The van der Waals surface area contributed by atoms with E-state index in [1.54, 1.807) is 6.92 Å². The van der Waals surface area contributed by atoms with Gasteiger partial charge in [0.15, 0.2) is 0 Å². The summed E-state index contributed by atoms with van der Waals surface area (Å²) in [6.45, 7) is 3.45. The van der Waals surface area contributed by atoms with Crippen LogP contribution in [0, 0.1) is 6.92 Å². The van der Waals surface area contributed by atoms with Gasteiger partial charge < -0.3 is 15.2 Å². The summed E-state index contributed by atoms with van der Waals surface area (Å²) in [7, 11) is -3.93. The Hall–Kier alpha value is -1.84. The molecule has 1 amide bonds. The Balaban J connectivity index is 1.77. The summed E-state index contributed by atoms with van der Waals surface area (Å²) in [6, 6.07) is 3.73. The lowest BCUT2D eigenvalue weighted by Crippen LogP contribution is -2.34. The fraction of sp³-hybridized carbons (Fsp3) is 0.533. The fourth-order valence-corrected chi connectivity index (χ4v) is 4.30. The number of carbonyl (C=O) groups is 1. The van der Waals surface area contributed by atoms with E-state index in [9.17, 15) is 18.3 Å². The van der Waals surface area contributed by atoms with Gasteiger partial charge in [0.05, 0.1) is 5.69 Å². The Morgan fingerprint density at radius 1 is 1.38 bits per heavy atom. The highest BCUT2D eigenvalue weighted by Crippen LogP contribution is 2.35. The van der Waals surface area contributed by atoms with Crippen molar-refractivity contribution in [2.24, 2.45) is 0 Å². The maximum atomic E-state index is 12.0. The zero-order chi connectivity index (χ0) is 17.3. The molecule has 0 unspecified atom stereocenters. The van der Waals surface area contributed by atoms with Crippen molar-refractivity contribution < 1.29 is 23.1 Å². The van der Waals surface area contributed by atoms with Gasteiger partial charge in [-0.25, -0.2) is 9.03 Å². The van der Waals surface area contributed by atoms with E-state index in [-0.39, 0.29) is 18.0 Å². The molecule has 0 atom stereocenters. The number of nitrogens with one attached hydrogen (secondary N) is 2. The first kappa shape index (κ1) is 17.0. The van der Waals surface area contributed by atoms with Gasteiger partial charge in [0.2, 0.25) is 0 Å². The second-order valence-corrected chi connectivity index (χ2v) is 7.68. The highest BCUT2D eigenvalue weighted by Gasteiger charge is 2.36. The largest absolute Gasteiger partial charge is 0.506 e. The van der Waals surface area contributed by atoms with E-state index in [1.165, 1.54) is 6.07 Å². The van der Waals surface area contributed by atoms with Crippen LogP contribution in [-0.4, -0.2) is 45.2 Å². The third-order valence-electron chi connectivity index (χ3n) is 4.23. The normalized spacial score (nSPS) is 21.0. The lowest BCUT2D eigenvalue weighted by Gasteiger charge is -2.24. The summed E-state index contributed by atoms with van der Waals surface area (Å²) in [6.07, 6.45) is 1.89. The molecule has 2 saturated heterocycles. The van der Waals surface area contributed by atoms with E-state index < -0.39 is 16.1 Å². The first-order chi connectivity index (χ1) is 11.4. The Labute approximate surface area is 141 Å². The number of benzene rings is 1. The lowest BCUT2D eigenvalue weighted by molar-refractivity contribution is -0.117. The molecule has 1 aromatic carbocycles. The number of phenols is 1. The predicted octanol–water partition coefficient (Wildman–Crippen LogP) is 0.150. The van der Waals surface area contributed by atoms with Crippen LogP contribution in [-0.2, 0) is 26.3 Å². The van der Waals surface area contributed by atoms with Crippen molar-refractivity contribution in [3.63, 3.8) is 0 Å². The minimum atomic E-state index is -3.93. The summed E-state index contributed by atoms with van der Waals surface area (Å²) < 4.78 is 32.0. The molecule has 0 saturated carbocycles. The second kappa shape index (κ2) is 6.58. The van der Waals surface area contributed by atoms with E-state index in [0.717, 1.165) is 35.9 Å². The first-order valence-corrected chi connectivity index (χ1v) is 9.28. The number of rotatable bonds is 4. The molecule has 1 aromatic rings. The molecule has 9 heteroatoms. The van der Waals surface area contributed by atoms with Crippen molar-refractivity contribution in [2.45, 2.75) is 32.4 Å². The fourth-order valence-electron chi connectivity index (χ4n) is 3.07. The van der Waals surface area contributed by atoms with Crippen LogP contribution in [0.25, 0.3) is 0 Å². The molecule has 3 N–H and O–H groups in total. The van der Waals surface area contributed by atoms with Gasteiger partial charge in [0, 0.05) is 25.8 Å². The topological polar surface area (TPSA) is 108 Å². The summed E-state index contributed by atoms with van der Waals surface area (Å²) in [5.41, 5.74) is 1.60. The van der Waals surface area contributed by atoms with Gasteiger partial charge in [-0.1, -0.05) is 6.07 Å². The van der Waals surface area contributed by atoms with Gasteiger partial charge in [-0.05, 0) is 37.0 Å². The van der Waals surface area contributed by atoms with Crippen molar-refractivity contribution in [3.8, 4) is 5.75 Å². The minimum Gasteiger partial charge on any atom is -0.506 e. The van der Waals surface area contributed by atoms with Gasteiger partial charge in [0.25, 0.3) is 5.91 Å². The Morgan fingerprint density at radius 3 is 2.67 bits per heavy atom. The van der Waals surface area contributed by atoms with E-state index in [1.807, 2.05) is 10.8 Å². The highest BCUT2D eigenvalue weighted by molar-refractivity contribution is 7.92. The van der Waals surface area contributed by atoms with Crippen LogP contribution < -0.4 is 14.3 Å². The van der Waals surface area contributed by atoms with E-state index in [4.69, 9.17) is 4.74 Å². The SMILES string of the molecule is Cc1cc(CNC2CCOCC2)cc(O)c1N1CC(=O)NS1(=O)=O. The average Bonchev–Trinajstić information content (AvgIpc) is 2.78. The minimum absolute atomic E-state index is 0.142. The molecule has 0 spiro atoms. The predicted molar refractivity (Wildman–Crippen MR) is 87.9 cm³/mol. The number of hydrogen-bond acceptors (Lipinski definition) is 6. The molecule has 2 fully saturated rings. The van der Waals surface area contributed by atoms with Crippen molar-refractivity contribution in [1.29, 1.82) is 0 Å². The van der Waals surface area contributed by atoms with Crippen LogP contribution in [0.5, 0.6) is 5.75 Å². The molecule has 0 aromatic heterocycles. The summed E-state index contributed by atoms with van der Waals surface area (Å²) in [5, 5.41) is 13.7. The number of ether oxygens (including phenoxy) is 1. The van der Waals surface area contributed by atoms with E-state index >= 15 is 0 Å². The van der Waals surface area contributed by atoms with Crippen LogP contribution in [0.3, 0.4) is 0 Å². The smallest absolute Gasteiger partial charge is 0.326 e. The maximum Gasteiger partial charge on any atom is 0.326 e. The third kappa shape index (κ3) is 3.47. The molecule has 2 aliphatic heterocycles. The molecular weight excluding hydrogens is 334 g/mol. The van der Waals surface area contributed by atoms with Crippen molar-refractivity contribution in [1.82, 2.24) is 10.0 Å². The molecule has 3 rings (SSSR count). The molecule has 2 heterocycles. The van der Waals surface area contributed by atoms with Crippen LogP contribution in [0.2, 0.25) is 0 Å². The number of aryl methyl sites for hydroxylation is 1. The van der Waals surface area contributed by atoms with Crippen molar-refractivity contribution >= 4 is 21.8 Å². The summed E-state index contributed by atoms with van der Waals surface area (Å²) in [5.74, 6) is -0.766. The standard InChI is InChI=1S/C15H21N3O5S/c1-10-6-11(8-16-12-2-4-23-5-3-12)7-13(19)15(10)18-9-14(20)17-24(18,21)22/h6-7,12,16,19H,2-5,8-9H2,1H3,(H,17,20). The zero-order valence-corrected chi connectivity index (χ0v) is 14.2. The maximum absolute atomic E-state index is 12.0. The zero-order valence-electron chi connectivity index (χ0n) is 13.4.